The number of aryl methyl sites for hydroxylation is 1. The van der Waals surface area contributed by atoms with E-state index >= 15 is 0 Å². The van der Waals surface area contributed by atoms with Crippen molar-refractivity contribution >= 4 is 0 Å². The highest BCUT2D eigenvalue weighted by atomic mass is 19.1. The molecule has 2 atom stereocenters. The molecule has 0 spiro atoms. The average molecular weight is 248 g/mol. The van der Waals surface area contributed by atoms with Crippen LogP contribution in [0.2, 0.25) is 0 Å². The fourth-order valence-electron chi connectivity index (χ4n) is 2.23. The fourth-order valence-corrected chi connectivity index (χ4v) is 2.23. The summed E-state index contributed by atoms with van der Waals surface area (Å²) in [6.45, 7) is 0. The quantitative estimate of drug-likeness (QED) is 0.840. The fraction of sp³-hybridized carbons (Fsp3) is 0.308. The lowest BCUT2D eigenvalue weighted by atomic mass is 9.96. The van der Waals surface area contributed by atoms with Crippen molar-refractivity contribution in [1.82, 2.24) is 9.78 Å². The van der Waals surface area contributed by atoms with Crippen molar-refractivity contribution in [3.63, 3.8) is 0 Å². The maximum absolute atomic E-state index is 13.1. The Kier molecular flexibility index (Phi) is 2.56. The van der Waals surface area contributed by atoms with Gasteiger partial charge in [-0.05, 0) is 18.2 Å². The van der Waals surface area contributed by atoms with Crippen molar-refractivity contribution in [3.05, 3.63) is 47.5 Å². The van der Waals surface area contributed by atoms with E-state index in [4.69, 9.17) is 4.74 Å². The molecule has 3 rings (SSSR count). The van der Waals surface area contributed by atoms with Gasteiger partial charge in [0.05, 0.1) is 12.3 Å². The second kappa shape index (κ2) is 4.10. The Morgan fingerprint density at radius 1 is 1.50 bits per heavy atom. The molecule has 2 aromatic rings. The van der Waals surface area contributed by atoms with Gasteiger partial charge in [-0.2, -0.15) is 5.10 Å². The average Bonchev–Trinajstić information content (AvgIpc) is 2.77. The van der Waals surface area contributed by atoms with E-state index in [2.05, 4.69) is 5.10 Å². The lowest BCUT2D eigenvalue weighted by molar-refractivity contribution is 0.0653. The van der Waals surface area contributed by atoms with E-state index < -0.39 is 6.10 Å². The number of aliphatic hydroxyl groups is 1. The van der Waals surface area contributed by atoms with E-state index in [1.165, 1.54) is 12.1 Å². The van der Waals surface area contributed by atoms with Gasteiger partial charge in [0.15, 0.2) is 0 Å². The molecule has 0 fully saturated rings. The summed E-state index contributed by atoms with van der Waals surface area (Å²) in [6, 6.07) is 4.20. The number of benzene rings is 1. The molecular weight excluding hydrogens is 235 g/mol. The Morgan fingerprint density at radius 2 is 2.33 bits per heavy atom. The SMILES string of the molecule is Cn1cc(C2CC(O)c3cc(F)ccc3O2)cn1. The Balaban J connectivity index is 1.94. The summed E-state index contributed by atoms with van der Waals surface area (Å²) < 4.78 is 20.6. The molecule has 2 heterocycles. The van der Waals surface area contributed by atoms with Crippen LogP contribution < -0.4 is 4.74 Å². The molecule has 2 unspecified atom stereocenters. The van der Waals surface area contributed by atoms with Crippen molar-refractivity contribution < 1.29 is 14.2 Å². The van der Waals surface area contributed by atoms with Crippen LogP contribution in [0.3, 0.4) is 0 Å². The summed E-state index contributed by atoms with van der Waals surface area (Å²) in [4.78, 5) is 0. The second-order valence-electron chi connectivity index (χ2n) is 4.49. The van der Waals surface area contributed by atoms with Gasteiger partial charge in [0, 0.05) is 30.8 Å². The molecule has 0 radical (unpaired) electrons. The first-order chi connectivity index (χ1) is 8.63. The Bertz CT molecular complexity index is 582. The van der Waals surface area contributed by atoms with Crippen molar-refractivity contribution in [3.8, 4) is 5.75 Å². The number of nitrogens with zero attached hydrogens (tertiary/aromatic N) is 2. The predicted molar refractivity (Wildman–Crippen MR) is 62.6 cm³/mol. The maximum Gasteiger partial charge on any atom is 0.130 e. The Morgan fingerprint density at radius 3 is 3.06 bits per heavy atom. The molecule has 94 valence electrons. The van der Waals surface area contributed by atoms with E-state index in [0.717, 1.165) is 5.56 Å². The van der Waals surface area contributed by atoms with Gasteiger partial charge in [-0.25, -0.2) is 4.39 Å². The molecule has 0 bridgehead atoms. The van der Waals surface area contributed by atoms with Crippen LogP contribution in [0.5, 0.6) is 5.75 Å². The van der Waals surface area contributed by atoms with Gasteiger partial charge in [0.2, 0.25) is 0 Å². The van der Waals surface area contributed by atoms with E-state index in [0.29, 0.717) is 17.7 Å². The maximum atomic E-state index is 13.1. The Labute approximate surface area is 104 Å². The topological polar surface area (TPSA) is 47.3 Å². The van der Waals surface area contributed by atoms with Crippen LogP contribution in [0.4, 0.5) is 4.39 Å². The number of rotatable bonds is 1. The van der Waals surface area contributed by atoms with E-state index in [-0.39, 0.29) is 11.9 Å². The molecule has 0 amide bonds. The summed E-state index contributed by atoms with van der Waals surface area (Å²) in [6.07, 6.45) is 3.02. The number of aliphatic hydroxyl groups excluding tert-OH is 1. The van der Waals surface area contributed by atoms with Crippen LogP contribution in [0.15, 0.2) is 30.6 Å². The van der Waals surface area contributed by atoms with Gasteiger partial charge < -0.3 is 9.84 Å². The zero-order valence-electron chi connectivity index (χ0n) is 9.88. The molecule has 0 aliphatic carbocycles. The molecule has 0 saturated heterocycles. The monoisotopic (exact) mass is 248 g/mol. The number of aromatic nitrogens is 2. The summed E-state index contributed by atoms with van der Waals surface area (Å²) >= 11 is 0. The highest BCUT2D eigenvalue weighted by Crippen LogP contribution is 2.40. The lowest BCUT2D eigenvalue weighted by Gasteiger charge is -2.29. The molecule has 1 aliphatic rings. The van der Waals surface area contributed by atoms with Crippen LogP contribution in [-0.4, -0.2) is 14.9 Å². The standard InChI is InChI=1S/C13H13FN2O2/c1-16-7-8(6-15-16)13-5-11(17)10-4-9(14)2-3-12(10)18-13/h2-4,6-7,11,13,17H,5H2,1H3. The minimum atomic E-state index is -0.713. The number of halogens is 1. The lowest BCUT2D eigenvalue weighted by Crippen LogP contribution is -2.18. The molecule has 18 heavy (non-hydrogen) atoms. The highest BCUT2D eigenvalue weighted by molar-refractivity contribution is 5.38. The van der Waals surface area contributed by atoms with Gasteiger partial charge in [-0.3, -0.25) is 4.68 Å². The largest absolute Gasteiger partial charge is 0.485 e. The Hall–Kier alpha value is -1.88. The van der Waals surface area contributed by atoms with E-state index in [9.17, 15) is 9.50 Å². The number of fused-ring (bicyclic) bond motifs is 1. The molecular formula is C13H13FN2O2. The van der Waals surface area contributed by atoms with Crippen LogP contribution >= 0.6 is 0 Å². The predicted octanol–water partition coefficient (Wildman–Crippen LogP) is 2.12. The van der Waals surface area contributed by atoms with Gasteiger partial charge in [-0.15, -0.1) is 0 Å². The van der Waals surface area contributed by atoms with Crippen molar-refractivity contribution in [2.45, 2.75) is 18.6 Å². The van der Waals surface area contributed by atoms with Crippen molar-refractivity contribution in [2.75, 3.05) is 0 Å². The van der Waals surface area contributed by atoms with Crippen LogP contribution in [0, 0.1) is 5.82 Å². The molecule has 0 saturated carbocycles. The number of hydrogen-bond donors (Lipinski definition) is 1. The van der Waals surface area contributed by atoms with E-state index in [1.807, 2.05) is 13.2 Å². The van der Waals surface area contributed by atoms with Crippen molar-refractivity contribution in [2.24, 2.45) is 7.05 Å². The second-order valence-corrected chi connectivity index (χ2v) is 4.49. The summed E-state index contributed by atoms with van der Waals surface area (Å²) in [5, 5.41) is 14.1. The normalized spacial score (nSPS) is 22.4. The third-order valence-electron chi connectivity index (χ3n) is 3.13. The molecule has 1 aromatic heterocycles. The summed E-state index contributed by atoms with van der Waals surface area (Å²) in [5.41, 5.74) is 1.42. The third kappa shape index (κ3) is 1.86. The van der Waals surface area contributed by atoms with Crippen molar-refractivity contribution in [1.29, 1.82) is 0 Å². The van der Waals surface area contributed by atoms with Crippen LogP contribution in [0.1, 0.15) is 29.8 Å². The minimum Gasteiger partial charge on any atom is -0.485 e. The van der Waals surface area contributed by atoms with Crippen LogP contribution in [-0.2, 0) is 7.05 Å². The molecule has 1 N–H and O–H groups in total. The van der Waals surface area contributed by atoms with E-state index in [1.54, 1.807) is 16.9 Å². The first-order valence-corrected chi connectivity index (χ1v) is 5.76. The van der Waals surface area contributed by atoms with Crippen LogP contribution in [0.25, 0.3) is 0 Å². The molecule has 5 heteroatoms. The summed E-state index contributed by atoms with van der Waals surface area (Å²) in [5.74, 6) is 0.167. The van der Waals surface area contributed by atoms with Gasteiger partial charge in [-0.1, -0.05) is 0 Å². The molecule has 1 aromatic carbocycles. The smallest absolute Gasteiger partial charge is 0.130 e. The van der Waals surface area contributed by atoms with Gasteiger partial charge >= 0.3 is 0 Å². The number of ether oxygens (including phenoxy) is 1. The first-order valence-electron chi connectivity index (χ1n) is 5.76. The molecule has 1 aliphatic heterocycles. The zero-order chi connectivity index (χ0) is 12.7. The highest BCUT2D eigenvalue weighted by Gasteiger charge is 2.29. The minimum absolute atomic E-state index is 0.244. The van der Waals surface area contributed by atoms with Gasteiger partial charge in [0.25, 0.3) is 0 Å². The third-order valence-corrected chi connectivity index (χ3v) is 3.13. The number of hydrogen-bond acceptors (Lipinski definition) is 3. The van der Waals surface area contributed by atoms with Gasteiger partial charge in [0.1, 0.15) is 17.7 Å². The molecule has 4 nitrogen and oxygen atoms in total. The summed E-state index contributed by atoms with van der Waals surface area (Å²) in [7, 11) is 1.83. The zero-order valence-corrected chi connectivity index (χ0v) is 9.88. The first kappa shape index (κ1) is 11.2.